The molecule has 0 amide bonds. The molecule has 0 bridgehead atoms. The van der Waals surface area contributed by atoms with Crippen LogP contribution in [0, 0.1) is 5.92 Å². The maximum atomic E-state index is 11.1. The Morgan fingerprint density at radius 1 is 1.27 bits per heavy atom. The van der Waals surface area contributed by atoms with Gasteiger partial charge in [0, 0.05) is 36.6 Å². The number of pyridine rings is 2. The number of nitrogens with zero attached hydrogens (tertiary/aromatic N) is 3. The average Bonchev–Trinajstić information content (AvgIpc) is 2.52. The molecular weight excluding hydrogens is 302 g/mol. The van der Waals surface area contributed by atoms with Crippen LogP contribution in [0.2, 0.25) is 0 Å². The van der Waals surface area contributed by atoms with Gasteiger partial charge in [0.05, 0.1) is 24.6 Å². The highest BCUT2D eigenvalue weighted by Crippen LogP contribution is 2.28. The van der Waals surface area contributed by atoms with Gasteiger partial charge in [-0.3, -0.25) is 14.2 Å². The summed E-state index contributed by atoms with van der Waals surface area (Å²) in [5.74, 6) is 0.292. The summed E-state index contributed by atoms with van der Waals surface area (Å²) in [5, 5.41) is 1.10. The fourth-order valence-electron chi connectivity index (χ4n) is 2.82. The zero-order valence-electron chi connectivity index (χ0n) is 12.5. The van der Waals surface area contributed by atoms with E-state index < -0.39 is 10.1 Å². The van der Waals surface area contributed by atoms with E-state index in [-0.39, 0.29) is 6.61 Å². The van der Waals surface area contributed by atoms with Crippen molar-refractivity contribution in [3.8, 4) is 0 Å². The minimum Gasteiger partial charge on any atom is -0.371 e. The third kappa shape index (κ3) is 3.53. The van der Waals surface area contributed by atoms with E-state index in [0.29, 0.717) is 5.92 Å². The second-order valence-electron chi connectivity index (χ2n) is 5.64. The van der Waals surface area contributed by atoms with Gasteiger partial charge in [0.2, 0.25) is 0 Å². The standard InChI is InChI=1S/C15H19N3O3S/c1-22(19,20)21-11-12-4-8-18(9-5-12)15-3-7-17-14-10-16-6-2-13(14)15/h2-3,6-7,10,12H,4-5,8-9,11H2,1H3. The summed E-state index contributed by atoms with van der Waals surface area (Å²) in [5.41, 5.74) is 2.05. The highest BCUT2D eigenvalue weighted by Gasteiger charge is 2.22. The molecule has 1 saturated heterocycles. The van der Waals surface area contributed by atoms with Crippen LogP contribution < -0.4 is 4.90 Å². The molecule has 1 aliphatic heterocycles. The van der Waals surface area contributed by atoms with Gasteiger partial charge in [-0.15, -0.1) is 0 Å². The Morgan fingerprint density at radius 2 is 2.05 bits per heavy atom. The molecule has 0 N–H and O–H groups in total. The molecule has 118 valence electrons. The smallest absolute Gasteiger partial charge is 0.264 e. The quantitative estimate of drug-likeness (QED) is 0.800. The molecule has 0 aliphatic carbocycles. The van der Waals surface area contributed by atoms with E-state index in [1.54, 1.807) is 18.6 Å². The lowest BCUT2D eigenvalue weighted by Gasteiger charge is -2.33. The Labute approximate surface area is 130 Å². The molecule has 0 aromatic carbocycles. The van der Waals surface area contributed by atoms with Crippen LogP contribution in [0.1, 0.15) is 12.8 Å². The summed E-state index contributed by atoms with van der Waals surface area (Å²) < 4.78 is 27.0. The minimum absolute atomic E-state index is 0.285. The van der Waals surface area contributed by atoms with E-state index in [1.165, 1.54) is 0 Å². The monoisotopic (exact) mass is 321 g/mol. The van der Waals surface area contributed by atoms with E-state index >= 15 is 0 Å². The van der Waals surface area contributed by atoms with Crippen molar-refractivity contribution in [3.05, 3.63) is 30.7 Å². The first-order valence-corrected chi connectivity index (χ1v) is 9.13. The van der Waals surface area contributed by atoms with Crippen molar-refractivity contribution in [2.24, 2.45) is 5.92 Å². The lowest BCUT2D eigenvalue weighted by Crippen LogP contribution is -2.35. The molecule has 3 heterocycles. The number of fused-ring (bicyclic) bond motifs is 1. The number of hydrogen-bond donors (Lipinski definition) is 0. The number of hydrogen-bond acceptors (Lipinski definition) is 6. The van der Waals surface area contributed by atoms with Gasteiger partial charge in [0.1, 0.15) is 0 Å². The summed E-state index contributed by atoms with van der Waals surface area (Å²) in [6, 6.07) is 4.01. The van der Waals surface area contributed by atoms with Crippen LogP contribution >= 0.6 is 0 Å². The molecule has 0 atom stereocenters. The van der Waals surface area contributed by atoms with E-state index in [4.69, 9.17) is 4.18 Å². The van der Waals surface area contributed by atoms with Crippen LogP contribution in [0.5, 0.6) is 0 Å². The van der Waals surface area contributed by atoms with Crippen LogP contribution in [-0.4, -0.2) is 44.3 Å². The van der Waals surface area contributed by atoms with Crippen LogP contribution in [0.25, 0.3) is 10.9 Å². The number of aromatic nitrogens is 2. The fourth-order valence-corrected chi connectivity index (χ4v) is 3.26. The Morgan fingerprint density at radius 3 is 2.77 bits per heavy atom. The van der Waals surface area contributed by atoms with Gasteiger partial charge in [-0.05, 0) is 30.9 Å². The van der Waals surface area contributed by atoms with Gasteiger partial charge >= 0.3 is 0 Å². The molecule has 0 saturated carbocycles. The Bertz CT molecular complexity index is 750. The maximum absolute atomic E-state index is 11.1. The molecular formula is C15H19N3O3S. The SMILES string of the molecule is CS(=O)(=O)OCC1CCN(c2ccnc3cnccc23)CC1. The first-order valence-electron chi connectivity index (χ1n) is 7.31. The summed E-state index contributed by atoms with van der Waals surface area (Å²) in [6.07, 6.45) is 8.29. The van der Waals surface area contributed by atoms with E-state index in [2.05, 4.69) is 14.9 Å². The van der Waals surface area contributed by atoms with Crippen LogP contribution in [0.3, 0.4) is 0 Å². The van der Waals surface area contributed by atoms with Crippen molar-refractivity contribution >= 4 is 26.7 Å². The summed E-state index contributed by atoms with van der Waals surface area (Å²) >= 11 is 0. The highest BCUT2D eigenvalue weighted by atomic mass is 32.2. The second kappa shape index (κ2) is 6.18. The molecule has 2 aromatic rings. The van der Waals surface area contributed by atoms with Crippen molar-refractivity contribution in [3.63, 3.8) is 0 Å². The first-order chi connectivity index (χ1) is 10.5. The molecule has 1 aliphatic rings. The third-order valence-electron chi connectivity index (χ3n) is 4.00. The molecule has 22 heavy (non-hydrogen) atoms. The molecule has 1 fully saturated rings. The molecule has 7 heteroatoms. The predicted molar refractivity (Wildman–Crippen MR) is 85.3 cm³/mol. The number of rotatable bonds is 4. The zero-order valence-corrected chi connectivity index (χ0v) is 13.3. The van der Waals surface area contributed by atoms with Gasteiger partial charge < -0.3 is 4.90 Å². The maximum Gasteiger partial charge on any atom is 0.264 e. The first kappa shape index (κ1) is 15.2. The fraction of sp³-hybridized carbons (Fsp3) is 0.467. The zero-order chi connectivity index (χ0) is 15.6. The Balaban J connectivity index is 1.68. The average molecular weight is 321 g/mol. The van der Waals surface area contributed by atoms with E-state index in [9.17, 15) is 8.42 Å². The largest absolute Gasteiger partial charge is 0.371 e. The molecule has 3 rings (SSSR count). The third-order valence-corrected chi connectivity index (χ3v) is 4.56. The van der Waals surface area contributed by atoms with Crippen molar-refractivity contribution in [2.75, 3.05) is 30.9 Å². The predicted octanol–water partition coefficient (Wildman–Crippen LogP) is 1.82. The second-order valence-corrected chi connectivity index (χ2v) is 7.29. The summed E-state index contributed by atoms with van der Waals surface area (Å²) in [7, 11) is -3.35. The number of piperidine rings is 1. The van der Waals surface area contributed by atoms with Crippen molar-refractivity contribution in [2.45, 2.75) is 12.8 Å². The van der Waals surface area contributed by atoms with Gasteiger partial charge in [0.25, 0.3) is 10.1 Å². The van der Waals surface area contributed by atoms with E-state index in [1.807, 2.05) is 12.1 Å². The highest BCUT2D eigenvalue weighted by molar-refractivity contribution is 7.85. The molecule has 0 spiro atoms. The van der Waals surface area contributed by atoms with E-state index in [0.717, 1.165) is 48.8 Å². The molecule has 6 nitrogen and oxygen atoms in total. The molecule has 2 aromatic heterocycles. The molecule has 0 radical (unpaired) electrons. The van der Waals surface area contributed by atoms with Crippen LogP contribution in [0.4, 0.5) is 5.69 Å². The topological polar surface area (TPSA) is 72.4 Å². The van der Waals surface area contributed by atoms with Crippen LogP contribution in [-0.2, 0) is 14.3 Å². The van der Waals surface area contributed by atoms with Gasteiger partial charge in [-0.2, -0.15) is 8.42 Å². The van der Waals surface area contributed by atoms with Gasteiger partial charge in [-0.25, -0.2) is 0 Å². The molecule has 0 unspecified atom stereocenters. The Hall–Kier alpha value is -1.73. The number of anilines is 1. The lowest BCUT2D eigenvalue weighted by atomic mass is 9.97. The normalized spacial score (nSPS) is 17.0. The minimum atomic E-state index is -3.35. The summed E-state index contributed by atoms with van der Waals surface area (Å²) in [6.45, 7) is 2.06. The van der Waals surface area contributed by atoms with Gasteiger partial charge in [0.15, 0.2) is 0 Å². The van der Waals surface area contributed by atoms with Crippen molar-refractivity contribution in [1.82, 2.24) is 9.97 Å². The lowest BCUT2D eigenvalue weighted by molar-refractivity contribution is 0.230. The van der Waals surface area contributed by atoms with Gasteiger partial charge in [-0.1, -0.05) is 0 Å². The van der Waals surface area contributed by atoms with Crippen LogP contribution in [0.15, 0.2) is 30.7 Å². The summed E-state index contributed by atoms with van der Waals surface area (Å²) in [4.78, 5) is 10.8. The van der Waals surface area contributed by atoms with Crippen molar-refractivity contribution in [1.29, 1.82) is 0 Å². The Kier molecular flexibility index (Phi) is 4.26. The van der Waals surface area contributed by atoms with Crippen molar-refractivity contribution < 1.29 is 12.6 Å².